The van der Waals surface area contributed by atoms with Crippen LogP contribution in [0.4, 0.5) is 0 Å². The second kappa shape index (κ2) is 4.18. The van der Waals surface area contributed by atoms with Crippen LogP contribution in [0.1, 0.15) is 5.56 Å². The summed E-state index contributed by atoms with van der Waals surface area (Å²) in [6.45, 7) is 3.67. The quantitative estimate of drug-likeness (QED) is 0.468. The first kappa shape index (κ1) is 9.92. The van der Waals surface area contributed by atoms with E-state index in [4.69, 9.17) is 10.2 Å². The van der Waals surface area contributed by atoms with Gasteiger partial charge in [0, 0.05) is 6.54 Å². The topological polar surface area (TPSA) is 52.5 Å². The Morgan fingerprint density at radius 2 is 1.92 bits per heavy atom. The highest BCUT2D eigenvalue weighted by atomic mass is 16.5. The summed E-state index contributed by atoms with van der Waals surface area (Å²) >= 11 is 0. The first-order valence-corrected chi connectivity index (χ1v) is 4.01. The SMILES string of the molecule is C=CC(O)(O)NCc1ccccc1. The van der Waals surface area contributed by atoms with Gasteiger partial charge in [0.05, 0.1) is 0 Å². The molecule has 0 saturated heterocycles. The van der Waals surface area contributed by atoms with Gasteiger partial charge in [-0.15, -0.1) is 0 Å². The van der Waals surface area contributed by atoms with E-state index in [-0.39, 0.29) is 0 Å². The van der Waals surface area contributed by atoms with Crippen LogP contribution >= 0.6 is 0 Å². The maximum Gasteiger partial charge on any atom is 0.243 e. The lowest BCUT2D eigenvalue weighted by molar-refractivity contribution is -0.144. The van der Waals surface area contributed by atoms with E-state index in [9.17, 15) is 0 Å². The Balaban J connectivity index is 2.48. The van der Waals surface area contributed by atoms with E-state index in [1.807, 2.05) is 30.3 Å². The minimum Gasteiger partial charge on any atom is -0.350 e. The van der Waals surface area contributed by atoms with Crippen LogP contribution in [0.3, 0.4) is 0 Å². The summed E-state index contributed by atoms with van der Waals surface area (Å²) in [6, 6.07) is 9.48. The zero-order chi connectivity index (χ0) is 9.73. The van der Waals surface area contributed by atoms with Crippen LogP contribution in [0, 0.1) is 0 Å². The van der Waals surface area contributed by atoms with Gasteiger partial charge < -0.3 is 10.2 Å². The molecule has 1 aromatic rings. The van der Waals surface area contributed by atoms with Gasteiger partial charge in [-0.2, -0.15) is 0 Å². The third-order valence-electron chi connectivity index (χ3n) is 1.68. The minimum atomic E-state index is -1.99. The van der Waals surface area contributed by atoms with E-state index in [0.29, 0.717) is 6.54 Å². The Kier molecular flexibility index (Phi) is 3.19. The van der Waals surface area contributed by atoms with E-state index in [0.717, 1.165) is 11.6 Å². The first-order chi connectivity index (χ1) is 6.14. The van der Waals surface area contributed by atoms with Gasteiger partial charge in [0.2, 0.25) is 5.91 Å². The largest absolute Gasteiger partial charge is 0.350 e. The van der Waals surface area contributed by atoms with E-state index in [2.05, 4.69) is 11.9 Å². The summed E-state index contributed by atoms with van der Waals surface area (Å²) in [5, 5.41) is 20.7. The Morgan fingerprint density at radius 1 is 1.31 bits per heavy atom. The third kappa shape index (κ3) is 3.38. The third-order valence-corrected chi connectivity index (χ3v) is 1.68. The second-order valence-corrected chi connectivity index (χ2v) is 2.77. The molecule has 0 radical (unpaired) electrons. The zero-order valence-corrected chi connectivity index (χ0v) is 7.27. The molecule has 3 nitrogen and oxygen atoms in total. The lowest BCUT2D eigenvalue weighted by Gasteiger charge is -2.18. The van der Waals surface area contributed by atoms with Crippen molar-refractivity contribution in [2.75, 3.05) is 0 Å². The number of hydrogen-bond acceptors (Lipinski definition) is 3. The smallest absolute Gasteiger partial charge is 0.243 e. The minimum absolute atomic E-state index is 0.389. The van der Waals surface area contributed by atoms with Crippen molar-refractivity contribution in [1.29, 1.82) is 0 Å². The molecule has 0 bridgehead atoms. The van der Waals surface area contributed by atoms with Gasteiger partial charge in [0.25, 0.3) is 0 Å². The fourth-order valence-corrected chi connectivity index (χ4v) is 0.900. The Bertz CT molecular complexity index is 270. The molecule has 13 heavy (non-hydrogen) atoms. The first-order valence-electron chi connectivity index (χ1n) is 4.01. The van der Waals surface area contributed by atoms with Gasteiger partial charge in [-0.3, -0.25) is 5.32 Å². The van der Waals surface area contributed by atoms with Crippen LogP contribution in [0.5, 0.6) is 0 Å². The van der Waals surface area contributed by atoms with Crippen molar-refractivity contribution in [2.45, 2.75) is 12.5 Å². The zero-order valence-electron chi connectivity index (χ0n) is 7.27. The molecular weight excluding hydrogens is 166 g/mol. The Hall–Kier alpha value is -1.16. The molecule has 0 saturated carbocycles. The molecule has 0 aliphatic heterocycles. The molecule has 0 amide bonds. The molecule has 0 heterocycles. The molecule has 1 aromatic carbocycles. The van der Waals surface area contributed by atoms with Crippen molar-refractivity contribution < 1.29 is 10.2 Å². The van der Waals surface area contributed by atoms with Crippen LogP contribution in [-0.4, -0.2) is 16.1 Å². The van der Waals surface area contributed by atoms with Crippen molar-refractivity contribution >= 4 is 0 Å². The van der Waals surface area contributed by atoms with Crippen molar-refractivity contribution in [3.8, 4) is 0 Å². The van der Waals surface area contributed by atoms with Crippen molar-refractivity contribution in [1.82, 2.24) is 5.32 Å². The van der Waals surface area contributed by atoms with Crippen LogP contribution in [0.25, 0.3) is 0 Å². The molecule has 1 rings (SSSR count). The van der Waals surface area contributed by atoms with Crippen LogP contribution in [0.2, 0.25) is 0 Å². The van der Waals surface area contributed by atoms with Crippen molar-refractivity contribution in [2.24, 2.45) is 0 Å². The van der Waals surface area contributed by atoms with E-state index in [1.54, 1.807) is 0 Å². The predicted molar refractivity (Wildman–Crippen MR) is 50.6 cm³/mol. The number of hydrogen-bond donors (Lipinski definition) is 3. The lowest BCUT2D eigenvalue weighted by Crippen LogP contribution is -2.42. The molecule has 0 aliphatic rings. The van der Waals surface area contributed by atoms with E-state index in [1.165, 1.54) is 0 Å². The van der Waals surface area contributed by atoms with Crippen LogP contribution < -0.4 is 5.32 Å². The van der Waals surface area contributed by atoms with E-state index >= 15 is 0 Å². The molecule has 0 spiro atoms. The molecule has 3 heteroatoms. The summed E-state index contributed by atoms with van der Waals surface area (Å²) < 4.78 is 0. The highest BCUT2D eigenvalue weighted by Gasteiger charge is 2.15. The highest BCUT2D eigenvalue weighted by Crippen LogP contribution is 2.01. The molecule has 0 atom stereocenters. The fourth-order valence-electron chi connectivity index (χ4n) is 0.900. The lowest BCUT2D eigenvalue weighted by atomic mass is 10.2. The number of benzene rings is 1. The Morgan fingerprint density at radius 3 is 2.46 bits per heavy atom. The highest BCUT2D eigenvalue weighted by molar-refractivity contribution is 5.14. The van der Waals surface area contributed by atoms with Crippen molar-refractivity contribution in [3.05, 3.63) is 48.6 Å². The summed E-state index contributed by atoms with van der Waals surface area (Å²) in [6.07, 6.45) is 1.04. The molecule has 3 N–H and O–H groups in total. The molecule has 0 aliphatic carbocycles. The summed E-state index contributed by atoms with van der Waals surface area (Å²) in [5.41, 5.74) is 0.983. The monoisotopic (exact) mass is 179 g/mol. The van der Waals surface area contributed by atoms with E-state index < -0.39 is 5.91 Å². The summed E-state index contributed by atoms with van der Waals surface area (Å²) in [7, 11) is 0. The van der Waals surface area contributed by atoms with Crippen LogP contribution in [0.15, 0.2) is 43.0 Å². The average molecular weight is 179 g/mol. The second-order valence-electron chi connectivity index (χ2n) is 2.77. The Labute approximate surface area is 77.3 Å². The average Bonchev–Trinajstić information content (AvgIpc) is 2.17. The normalized spacial score (nSPS) is 11.2. The van der Waals surface area contributed by atoms with Gasteiger partial charge >= 0.3 is 0 Å². The van der Waals surface area contributed by atoms with Gasteiger partial charge in [-0.1, -0.05) is 36.9 Å². The summed E-state index contributed by atoms with van der Waals surface area (Å²) in [4.78, 5) is 0. The maximum atomic E-state index is 9.11. The standard InChI is InChI=1S/C10H13NO2/c1-2-10(12,13)11-8-9-6-4-3-5-7-9/h2-7,11-13H,1,8H2. The van der Waals surface area contributed by atoms with Crippen LogP contribution in [-0.2, 0) is 6.54 Å². The van der Waals surface area contributed by atoms with Gasteiger partial charge in [0.1, 0.15) is 0 Å². The van der Waals surface area contributed by atoms with Gasteiger partial charge in [-0.25, -0.2) is 0 Å². The van der Waals surface area contributed by atoms with Gasteiger partial charge in [0.15, 0.2) is 0 Å². The molecule has 0 unspecified atom stereocenters. The maximum absolute atomic E-state index is 9.11. The molecule has 0 aromatic heterocycles. The number of nitrogens with one attached hydrogen (secondary N) is 1. The molecule has 70 valence electrons. The van der Waals surface area contributed by atoms with Crippen molar-refractivity contribution in [3.63, 3.8) is 0 Å². The van der Waals surface area contributed by atoms with Gasteiger partial charge in [-0.05, 0) is 11.6 Å². The molecular formula is C10H13NO2. The number of aliphatic hydroxyl groups is 2. The predicted octanol–water partition coefficient (Wildman–Crippen LogP) is 0.601. The summed E-state index contributed by atoms with van der Waals surface area (Å²) in [5.74, 6) is -1.99. The fraction of sp³-hybridized carbons (Fsp3) is 0.200. The number of rotatable bonds is 4. The molecule has 0 fully saturated rings.